The van der Waals surface area contributed by atoms with Crippen molar-refractivity contribution in [1.82, 2.24) is 4.90 Å². The second-order valence-electron chi connectivity index (χ2n) is 5.46. The summed E-state index contributed by atoms with van der Waals surface area (Å²) in [5.41, 5.74) is 0.785. The number of β-amino-alcohol motifs (C(OH)–C–C–N with tert-alkyl or cyclic N) is 1. The minimum atomic E-state index is -0.875. The van der Waals surface area contributed by atoms with Crippen molar-refractivity contribution < 1.29 is 33.3 Å². The molecule has 0 bridgehead atoms. The molecule has 1 aromatic carbocycles. The second-order valence-corrected chi connectivity index (χ2v) is 5.46. The van der Waals surface area contributed by atoms with Gasteiger partial charge in [-0.25, -0.2) is 9.18 Å². The van der Waals surface area contributed by atoms with E-state index in [1.807, 2.05) is 0 Å². The van der Waals surface area contributed by atoms with Gasteiger partial charge < -0.3 is 29.5 Å². The molecule has 0 spiro atoms. The van der Waals surface area contributed by atoms with E-state index in [1.54, 1.807) is 0 Å². The van der Waals surface area contributed by atoms with Crippen molar-refractivity contribution in [1.29, 1.82) is 0 Å². The van der Waals surface area contributed by atoms with Crippen molar-refractivity contribution in [2.75, 3.05) is 46.3 Å². The lowest BCUT2D eigenvalue weighted by Gasteiger charge is -2.20. The molecular weight excluding hydrogens is 347 g/mol. The topological polar surface area (TPSA) is 97.3 Å². The summed E-state index contributed by atoms with van der Waals surface area (Å²) in [5, 5.41) is 12.0. The number of esters is 1. The van der Waals surface area contributed by atoms with E-state index in [9.17, 15) is 14.0 Å². The summed E-state index contributed by atoms with van der Waals surface area (Å²) in [6.07, 6.45) is -0.875. The van der Waals surface area contributed by atoms with Gasteiger partial charge in [0.05, 0.1) is 25.8 Å². The van der Waals surface area contributed by atoms with E-state index < -0.39 is 24.0 Å². The predicted octanol–water partition coefficient (Wildman–Crippen LogP) is 0.791. The molecule has 1 aliphatic rings. The SMILES string of the molecule is COC(=O)C1=C(Nc2ccc(F)cc2C(OC)OC)C(=O)N(CCO)C1. The standard InChI is InChI=1S/C17H21FN2O6/c1-24-16(23)12-9-20(6-7-21)15(22)14(12)19-13-5-4-10(18)8-11(13)17(25-2)26-3/h4-5,8,17,19,21H,6-7,9H2,1-3H3. The predicted molar refractivity (Wildman–Crippen MR) is 89.5 cm³/mol. The van der Waals surface area contributed by atoms with Crippen LogP contribution in [0.5, 0.6) is 0 Å². The fourth-order valence-corrected chi connectivity index (χ4v) is 2.68. The van der Waals surface area contributed by atoms with Crippen LogP contribution in [0.15, 0.2) is 29.5 Å². The van der Waals surface area contributed by atoms with Gasteiger partial charge in [-0.15, -0.1) is 0 Å². The molecule has 142 valence electrons. The fourth-order valence-electron chi connectivity index (χ4n) is 2.68. The quantitative estimate of drug-likeness (QED) is 0.517. The minimum absolute atomic E-state index is 0.00289. The van der Waals surface area contributed by atoms with Crippen molar-refractivity contribution in [2.45, 2.75) is 6.29 Å². The number of anilines is 1. The zero-order valence-electron chi connectivity index (χ0n) is 14.7. The van der Waals surface area contributed by atoms with Crippen LogP contribution in [0, 0.1) is 5.82 Å². The van der Waals surface area contributed by atoms with Crippen LogP contribution in [0.1, 0.15) is 11.9 Å². The Morgan fingerprint density at radius 2 is 2.04 bits per heavy atom. The summed E-state index contributed by atoms with van der Waals surface area (Å²) < 4.78 is 28.7. The van der Waals surface area contributed by atoms with Gasteiger partial charge in [0.25, 0.3) is 5.91 Å². The second kappa shape index (κ2) is 8.75. The molecule has 1 heterocycles. The van der Waals surface area contributed by atoms with Crippen LogP contribution < -0.4 is 5.32 Å². The van der Waals surface area contributed by atoms with Gasteiger partial charge in [0.15, 0.2) is 6.29 Å². The van der Waals surface area contributed by atoms with Crippen LogP contribution in [0.2, 0.25) is 0 Å². The monoisotopic (exact) mass is 368 g/mol. The highest BCUT2D eigenvalue weighted by Gasteiger charge is 2.35. The van der Waals surface area contributed by atoms with Crippen LogP contribution in [0.3, 0.4) is 0 Å². The smallest absolute Gasteiger partial charge is 0.337 e. The minimum Gasteiger partial charge on any atom is -0.466 e. The van der Waals surface area contributed by atoms with Crippen LogP contribution in [-0.4, -0.2) is 62.9 Å². The molecule has 1 aliphatic heterocycles. The first-order valence-electron chi connectivity index (χ1n) is 7.80. The third-order valence-electron chi connectivity index (χ3n) is 3.91. The molecule has 0 saturated carbocycles. The Kier molecular flexibility index (Phi) is 6.67. The zero-order valence-corrected chi connectivity index (χ0v) is 14.7. The molecule has 9 heteroatoms. The average Bonchev–Trinajstić information content (AvgIpc) is 2.94. The normalized spacial score (nSPS) is 14.4. The Bertz CT molecular complexity index is 717. The van der Waals surface area contributed by atoms with Gasteiger partial charge in [0.1, 0.15) is 11.5 Å². The fraction of sp³-hybridized carbons (Fsp3) is 0.412. The molecule has 0 atom stereocenters. The molecule has 0 saturated heterocycles. The average molecular weight is 368 g/mol. The summed E-state index contributed by atoms with van der Waals surface area (Å²) in [6.45, 7) is -0.173. The number of rotatable bonds is 8. The van der Waals surface area contributed by atoms with E-state index in [4.69, 9.17) is 19.3 Å². The molecule has 0 unspecified atom stereocenters. The summed E-state index contributed by atoms with van der Waals surface area (Å²) in [4.78, 5) is 25.9. The van der Waals surface area contributed by atoms with Gasteiger partial charge in [0, 0.05) is 32.0 Å². The molecule has 1 aromatic rings. The van der Waals surface area contributed by atoms with Crippen molar-refractivity contribution in [3.05, 3.63) is 40.8 Å². The van der Waals surface area contributed by atoms with Crippen LogP contribution >= 0.6 is 0 Å². The molecular formula is C17H21FN2O6. The first-order chi connectivity index (χ1) is 12.5. The number of hydrogen-bond donors (Lipinski definition) is 2. The largest absolute Gasteiger partial charge is 0.466 e. The van der Waals surface area contributed by atoms with Gasteiger partial charge in [-0.2, -0.15) is 0 Å². The summed E-state index contributed by atoms with van der Waals surface area (Å²) >= 11 is 0. The maximum Gasteiger partial charge on any atom is 0.337 e. The number of carbonyl (C=O) groups excluding carboxylic acids is 2. The molecule has 2 rings (SSSR count). The number of nitrogens with one attached hydrogen (secondary N) is 1. The molecule has 8 nitrogen and oxygen atoms in total. The molecule has 26 heavy (non-hydrogen) atoms. The number of aliphatic hydroxyl groups is 1. The van der Waals surface area contributed by atoms with Gasteiger partial charge in [-0.3, -0.25) is 4.79 Å². The number of nitrogens with zero attached hydrogens (tertiary/aromatic N) is 1. The first kappa shape index (κ1) is 19.8. The van der Waals surface area contributed by atoms with Crippen molar-refractivity contribution >= 4 is 17.6 Å². The summed E-state index contributed by atoms with van der Waals surface area (Å²) in [5.74, 6) is -1.65. The number of halogens is 1. The zero-order chi connectivity index (χ0) is 19.3. The van der Waals surface area contributed by atoms with E-state index in [-0.39, 0.29) is 31.0 Å². The third-order valence-corrected chi connectivity index (χ3v) is 3.91. The molecule has 0 aromatic heterocycles. The van der Waals surface area contributed by atoms with Gasteiger partial charge >= 0.3 is 5.97 Å². The number of amides is 1. The Morgan fingerprint density at radius 3 is 2.62 bits per heavy atom. The lowest BCUT2D eigenvalue weighted by atomic mass is 10.1. The number of hydrogen-bond acceptors (Lipinski definition) is 7. The molecule has 2 N–H and O–H groups in total. The maximum atomic E-state index is 13.7. The summed E-state index contributed by atoms with van der Waals surface area (Å²) in [7, 11) is 4.00. The number of aliphatic hydroxyl groups excluding tert-OH is 1. The van der Waals surface area contributed by atoms with Crippen LogP contribution in [0.25, 0.3) is 0 Å². The number of carbonyl (C=O) groups is 2. The van der Waals surface area contributed by atoms with E-state index in [0.29, 0.717) is 11.3 Å². The molecule has 0 fully saturated rings. The highest BCUT2D eigenvalue weighted by molar-refractivity contribution is 6.08. The number of benzene rings is 1. The van der Waals surface area contributed by atoms with Gasteiger partial charge in [0.2, 0.25) is 0 Å². The number of ether oxygens (including phenoxy) is 3. The lowest BCUT2D eigenvalue weighted by Crippen LogP contribution is -2.31. The maximum absolute atomic E-state index is 13.7. The van der Waals surface area contributed by atoms with Gasteiger partial charge in [-0.1, -0.05) is 0 Å². The lowest BCUT2D eigenvalue weighted by molar-refractivity contribution is -0.136. The summed E-state index contributed by atoms with van der Waals surface area (Å²) in [6, 6.07) is 3.83. The highest BCUT2D eigenvalue weighted by Crippen LogP contribution is 2.30. The van der Waals surface area contributed by atoms with Crippen molar-refractivity contribution in [2.24, 2.45) is 0 Å². The van der Waals surface area contributed by atoms with E-state index in [1.165, 1.54) is 44.4 Å². The van der Waals surface area contributed by atoms with Crippen LogP contribution in [0.4, 0.5) is 10.1 Å². The first-order valence-corrected chi connectivity index (χ1v) is 7.80. The Morgan fingerprint density at radius 1 is 1.35 bits per heavy atom. The van der Waals surface area contributed by atoms with E-state index >= 15 is 0 Å². The van der Waals surface area contributed by atoms with E-state index in [0.717, 1.165) is 0 Å². The Balaban J connectivity index is 2.44. The van der Waals surface area contributed by atoms with Crippen molar-refractivity contribution in [3.8, 4) is 0 Å². The third kappa shape index (κ3) is 4.01. The number of methoxy groups -OCH3 is 3. The molecule has 0 radical (unpaired) electrons. The van der Waals surface area contributed by atoms with Crippen molar-refractivity contribution in [3.63, 3.8) is 0 Å². The van der Waals surface area contributed by atoms with Crippen LogP contribution in [-0.2, 0) is 23.8 Å². The Labute approximate surface area is 150 Å². The molecule has 1 amide bonds. The van der Waals surface area contributed by atoms with Gasteiger partial charge in [-0.05, 0) is 18.2 Å². The Hall–Kier alpha value is -2.49. The highest BCUT2D eigenvalue weighted by atomic mass is 19.1. The van der Waals surface area contributed by atoms with E-state index in [2.05, 4.69) is 5.32 Å². The molecule has 0 aliphatic carbocycles.